The first kappa shape index (κ1) is 19.0. The molecule has 1 aliphatic heterocycles. The monoisotopic (exact) mass is 394 g/mol. The summed E-state index contributed by atoms with van der Waals surface area (Å²) < 4.78 is 0.966. The maximum Gasteiger partial charge on any atom is 0.253 e. The molecule has 1 N–H and O–H groups in total. The predicted octanol–water partition coefficient (Wildman–Crippen LogP) is 4.00. The van der Waals surface area contributed by atoms with Crippen molar-refractivity contribution in [3.05, 3.63) is 34.3 Å². The summed E-state index contributed by atoms with van der Waals surface area (Å²) in [7, 11) is 0. The van der Waals surface area contributed by atoms with E-state index in [4.69, 9.17) is 0 Å². The third-order valence-electron chi connectivity index (χ3n) is 4.57. The van der Waals surface area contributed by atoms with Gasteiger partial charge in [0.25, 0.3) is 5.91 Å². The van der Waals surface area contributed by atoms with Crippen LogP contribution in [0.25, 0.3) is 0 Å². The SMILES string of the molecule is CCCCCCNC(=O)C1CCN(C(=O)c2ccc(Br)cc2)CC1. The summed E-state index contributed by atoms with van der Waals surface area (Å²) in [5.74, 6) is 0.258. The van der Waals surface area contributed by atoms with Gasteiger partial charge in [0.2, 0.25) is 5.91 Å². The first-order chi connectivity index (χ1) is 11.6. The van der Waals surface area contributed by atoms with E-state index >= 15 is 0 Å². The second-order valence-corrected chi connectivity index (χ2v) is 7.34. The molecule has 1 saturated heterocycles. The Kier molecular flexibility index (Phi) is 7.76. The van der Waals surface area contributed by atoms with E-state index in [-0.39, 0.29) is 17.7 Å². The topological polar surface area (TPSA) is 49.4 Å². The van der Waals surface area contributed by atoms with Crippen LogP contribution in [0.3, 0.4) is 0 Å². The molecule has 0 bridgehead atoms. The summed E-state index contributed by atoms with van der Waals surface area (Å²) in [6.45, 7) is 4.27. The van der Waals surface area contributed by atoms with Crippen molar-refractivity contribution in [1.82, 2.24) is 10.2 Å². The van der Waals surface area contributed by atoms with E-state index in [9.17, 15) is 9.59 Å². The molecule has 4 nitrogen and oxygen atoms in total. The minimum atomic E-state index is 0.0464. The number of benzene rings is 1. The number of carbonyl (C=O) groups is 2. The van der Waals surface area contributed by atoms with Crippen molar-refractivity contribution in [2.75, 3.05) is 19.6 Å². The molecule has 1 fully saturated rings. The number of rotatable bonds is 7. The van der Waals surface area contributed by atoms with Gasteiger partial charge in [0.15, 0.2) is 0 Å². The third kappa shape index (κ3) is 5.62. The van der Waals surface area contributed by atoms with Gasteiger partial charge in [-0.05, 0) is 43.5 Å². The molecule has 5 heteroatoms. The fourth-order valence-electron chi connectivity index (χ4n) is 3.03. The zero-order valence-electron chi connectivity index (χ0n) is 14.4. The van der Waals surface area contributed by atoms with Crippen LogP contribution in [-0.4, -0.2) is 36.3 Å². The van der Waals surface area contributed by atoms with Crippen LogP contribution in [0, 0.1) is 5.92 Å². The summed E-state index contributed by atoms with van der Waals surface area (Å²) in [5, 5.41) is 3.05. The Labute approximate surface area is 153 Å². The minimum absolute atomic E-state index is 0.0464. The second kappa shape index (κ2) is 9.82. The Balaban J connectivity index is 1.73. The van der Waals surface area contributed by atoms with Gasteiger partial charge < -0.3 is 10.2 Å². The molecule has 1 heterocycles. The molecule has 2 rings (SSSR count). The van der Waals surface area contributed by atoms with E-state index in [2.05, 4.69) is 28.2 Å². The predicted molar refractivity (Wildman–Crippen MR) is 99.9 cm³/mol. The average Bonchev–Trinajstić information content (AvgIpc) is 2.61. The summed E-state index contributed by atoms with van der Waals surface area (Å²) in [6, 6.07) is 7.43. The molecular formula is C19H27BrN2O2. The van der Waals surface area contributed by atoms with Gasteiger partial charge in [-0.1, -0.05) is 42.1 Å². The van der Waals surface area contributed by atoms with Crippen molar-refractivity contribution >= 4 is 27.7 Å². The Bertz CT molecular complexity index is 537. The molecule has 0 atom stereocenters. The van der Waals surface area contributed by atoms with Crippen molar-refractivity contribution < 1.29 is 9.59 Å². The van der Waals surface area contributed by atoms with Crippen molar-refractivity contribution in [2.24, 2.45) is 5.92 Å². The maximum absolute atomic E-state index is 12.5. The van der Waals surface area contributed by atoms with Crippen LogP contribution < -0.4 is 5.32 Å². The smallest absolute Gasteiger partial charge is 0.253 e. The molecule has 0 unspecified atom stereocenters. The van der Waals surface area contributed by atoms with E-state index in [0.717, 1.165) is 30.3 Å². The Morgan fingerprint density at radius 3 is 2.42 bits per heavy atom. The number of carbonyl (C=O) groups excluding carboxylic acids is 2. The van der Waals surface area contributed by atoms with Gasteiger partial charge in [-0.15, -0.1) is 0 Å². The second-order valence-electron chi connectivity index (χ2n) is 6.43. The third-order valence-corrected chi connectivity index (χ3v) is 5.10. The van der Waals surface area contributed by atoms with Crippen LogP contribution >= 0.6 is 15.9 Å². The van der Waals surface area contributed by atoms with Gasteiger partial charge in [0.1, 0.15) is 0 Å². The van der Waals surface area contributed by atoms with E-state index in [1.165, 1.54) is 19.3 Å². The zero-order chi connectivity index (χ0) is 17.4. The minimum Gasteiger partial charge on any atom is -0.356 e. The number of hydrogen-bond donors (Lipinski definition) is 1. The van der Waals surface area contributed by atoms with Gasteiger partial charge in [0, 0.05) is 35.6 Å². The standard InChI is InChI=1S/C19H27BrN2O2/c1-2-3-4-5-12-21-18(23)15-10-13-22(14-11-15)19(24)16-6-8-17(20)9-7-16/h6-9,15H,2-5,10-14H2,1H3,(H,21,23). The lowest BCUT2D eigenvalue weighted by molar-refractivity contribution is -0.126. The van der Waals surface area contributed by atoms with Gasteiger partial charge >= 0.3 is 0 Å². The number of likely N-dealkylation sites (tertiary alicyclic amines) is 1. The molecule has 0 aromatic heterocycles. The Morgan fingerprint density at radius 2 is 1.79 bits per heavy atom. The molecule has 0 saturated carbocycles. The summed E-state index contributed by atoms with van der Waals surface area (Å²) in [5.41, 5.74) is 0.706. The highest BCUT2D eigenvalue weighted by Crippen LogP contribution is 2.20. The van der Waals surface area contributed by atoms with Crippen LogP contribution in [0.4, 0.5) is 0 Å². The van der Waals surface area contributed by atoms with Crippen LogP contribution in [0.15, 0.2) is 28.7 Å². The average molecular weight is 395 g/mol. The van der Waals surface area contributed by atoms with Crippen molar-refractivity contribution in [1.29, 1.82) is 0 Å². The van der Waals surface area contributed by atoms with Gasteiger partial charge in [-0.25, -0.2) is 0 Å². The Hall–Kier alpha value is -1.36. The van der Waals surface area contributed by atoms with Gasteiger partial charge in [-0.2, -0.15) is 0 Å². The van der Waals surface area contributed by atoms with Crippen LogP contribution in [0.1, 0.15) is 55.8 Å². The number of nitrogens with zero attached hydrogens (tertiary/aromatic N) is 1. The highest BCUT2D eigenvalue weighted by Gasteiger charge is 2.27. The van der Waals surface area contributed by atoms with Crippen LogP contribution in [0.5, 0.6) is 0 Å². The highest BCUT2D eigenvalue weighted by molar-refractivity contribution is 9.10. The number of halogens is 1. The van der Waals surface area contributed by atoms with Crippen LogP contribution in [-0.2, 0) is 4.79 Å². The molecule has 2 amide bonds. The first-order valence-corrected chi connectivity index (χ1v) is 9.73. The number of unbranched alkanes of at least 4 members (excludes halogenated alkanes) is 3. The molecule has 0 aliphatic carbocycles. The summed E-state index contributed by atoms with van der Waals surface area (Å²) in [4.78, 5) is 26.5. The number of amides is 2. The van der Waals surface area contributed by atoms with Gasteiger partial charge in [-0.3, -0.25) is 9.59 Å². The molecule has 1 aliphatic rings. The number of hydrogen-bond acceptors (Lipinski definition) is 2. The first-order valence-electron chi connectivity index (χ1n) is 8.94. The normalized spacial score (nSPS) is 15.3. The molecule has 132 valence electrons. The summed E-state index contributed by atoms with van der Waals surface area (Å²) in [6.07, 6.45) is 6.18. The lowest BCUT2D eigenvalue weighted by Gasteiger charge is -2.31. The Morgan fingerprint density at radius 1 is 1.12 bits per heavy atom. The largest absolute Gasteiger partial charge is 0.356 e. The van der Waals surface area contributed by atoms with E-state index < -0.39 is 0 Å². The molecule has 24 heavy (non-hydrogen) atoms. The fourth-order valence-corrected chi connectivity index (χ4v) is 3.29. The highest BCUT2D eigenvalue weighted by atomic mass is 79.9. The molecule has 1 aromatic rings. The maximum atomic E-state index is 12.5. The molecular weight excluding hydrogens is 368 g/mol. The fraction of sp³-hybridized carbons (Fsp3) is 0.579. The number of piperidine rings is 1. The van der Waals surface area contributed by atoms with Crippen LogP contribution in [0.2, 0.25) is 0 Å². The quantitative estimate of drug-likeness (QED) is 0.710. The molecule has 1 aromatic carbocycles. The molecule has 0 spiro atoms. The number of nitrogens with one attached hydrogen (secondary N) is 1. The summed E-state index contributed by atoms with van der Waals surface area (Å²) >= 11 is 3.38. The molecule has 0 radical (unpaired) electrons. The van der Waals surface area contributed by atoms with E-state index in [1.807, 2.05) is 29.2 Å². The lowest BCUT2D eigenvalue weighted by atomic mass is 9.95. The van der Waals surface area contributed by atoms with E-state index in [0.29, 0.717) is 18.7 Å². The van der Waals surface area contributed by atoms with Crippen molar-refractivity contribution in [3.8, 4) is 0 Å². The van der Waals surface area contributed by atoms with Crippen molar-refractivity contribution in [3.63, 3.8) is 0 Å². The van der Waals surface area contributed by atoms with Crippen molar-refractivity contribution in [2.45, 2.75) is 45.4 Å². The zero-order valence-corrected chi connectivity index (χ0v) is 16.0. The van der Waals surface area contributed by atoms with Gasteiger partial charge in [0.05, 0.1) is 0 Å². The van der Waals surface area contributed by atoms with E-state index in [1.54, 1.807) is 0 Å². The lowest BCUT2D eigenvalue weighted by Crippen LogP contribution is -2.43.